The molecule has 0 spiro atoms. The van der Waals surface area contributed by atoms with E-state index in [1.54, 1.807) is 11.3 Å². The van der Waals surface area contributed by atoms with Gasteiger partial charge < -0.3 is 5.73 Å². The molecule has 0 bridgehead atoms. The van der Waals surface area contributed by atoms with E-state index in [2.05, 4.69) is 24.9 Å². The fourth-order valence-corrected chi connectivity index (χ4v) is 4.21. The Labute approximate surface area is 112 Å². The molecule has 0 aromatic carbocycles. The Morgan fingerprint density at radius 3 is 2.89 bits per heavy atom. The third kappa shape index (κ3) is 1.83. The van der Waals surface area contributed by atoms with Crippen LogP contribution in [0.25, 0.3) is 11.3 Å². The topological polar surface area (TPSA) is 38.9 Å². The SMILES string of the molecule is CC1Cc2c(sc(N)c2-c2ccccn2)C(C)C1. The monoisotopic (exact) mass is 258 g/mol. The summed E-state index contributed by atoms with van der Waals surface area (Å²) in [7, 11) is 0. The lowest BCUT2D eigenvalue weighted by Crippen LogP contribution is -2.13. The second-order valence-electron chi connectivity index (χ2n) is 5.35. The third-order valence-electron chi connectivity index (χ3n) is 3.74. The summed E-state index contributed by atoms with van der Waals surface area (Å²) in [6.07, 6.45) is 4.25. The van der Waals surface area contributed by atoms with Crippen LogP contribution < -0.4 is 5.73 Å². The molecule has 94 valence electrons. The van der Waals surface area contributed by atoms with Crippen LogP contribution in [-0.4, -0.2) is 4.98 Å². The van der Waals surface area contributed by atoms with Gasteiger partial charge in [0.05, 0.1) is 10.7 Å². The molecule has 0 saturated carbocycles. The Kier molecular flexibility index (Phi) is 2.86. The lowest BCUT2D eigenvalue weighted by Gasteiger charge is -2.24. The van der Waals surface area contributed by atoms with Crippen LogP contribution in [0, 0.1) is 5.92 Å². The van der Waals surface area contributed by atoms with Gasteiger partial charge in [-0.05, 0) is 42.4 Å². The molecule has 2 aromatic rings. The highest BCUT2D eigenvalue weighted by atomic mass is 32.1. The van der Waals surface area contributed by atoms with Gasteiger partial charge >= 0.3 is 0 Å². The standard InChI is InChI=1S/C15H18N2S/c1-9-7-10(2)14-11(8-9)13(15(16)18-14)12-5-3-4-6-17-12/h3-6,9-10H,7-8,16H2,1-2H3. The molecule has 2 aromatic heterocycles. The van der Waals surface area contributed by atoms with E-state index in [-0.39, 0.29) is 0 Å². The van der Waals surface area contributed by atoms with E-state index in [0.29, 0.717) is 5.92 Å². The summed E-state index contributed by atoms with van der Waals surface area (Å²) in [6, 6.07) is 6.04. The summed E-state index contributed by atoms with van der Waals surface area (Å²) in [6.45, 7) is 4.64. The minimum absolute atomic E-state index is 0.633. The number of hydrogen-bond acceptors (Lipinski definition) is 3. The van der Waals surface area contributed by atoms with E-state index < -0.39 is 0 Å². The molecule has 2 heterocycles. The zero-order valence-electron chi connectivity index (χ0n) is 10.8. The number of nitrogens with zero attached hydrogens (tertiary/aromatic N) is 1. The van der Waals surface area contributed by atoms with Gasteiger partial charge in [0.2, 0.25) is 0 Å². The van der Waals surface area contributed by atoms with Crippen molar-refractivity contribution in [2.75, 3.05) is 5.73 Å². The first-order chi connectivity index (χ1) is 8.66. The van der Waals surface area contributed by atoms with Crippen LogP contribution in [0.2, 0.25) is 0 Å². The van der Waals surface area contributed by atoms with Gasteiger partial charge in [0.15, 0.2) is 0 Å². The van der Waals surface area contributed by atoms with Crippen LogP contribution >= 0.6 is 11.3 Å². The minimum Gasteiger partial charge on any atom is -0.390 e. The van der Waals surface area contributed by atoms with Crippen molar-refractivity contribution >= 4 is 16.3 Å². The molecule has 0 radical (unpaired) electrons. The summed E-state index contributed by atoms with van der Waals surface area (Å²) in [5.41, 5.74) is 9.90. The van der Waals surface area contributed by atoms with Crippen LogP contribution in [0.3, 0.4) is 0 Å². The number of anilines is 1. The third-order valence-corrected chi connectivity index (χ3v) is 5.04. The first-order valence-corrected chi connectivity index (χ1v) is 7.31. The van der Waals surface area contributed by atoms with Crippen molar-refractivity contribution in [3.05, 3.63) is 34.8 Å². The number of aromatic nitrogens is 1. The maximum atomic E-state index is 6.24. The molecule has 2 nitrogen and oxygen atoms in total. The van der Waals surface area contributed by atoms with Crippen LogP contribution in [0.1, 0.15) is 36.6 Å². The normalized spacial score (nSPS) is 22.8. The number of rotatable bonds is 1. The predicted molar refractivity (Wildman–Crippen MR) is 77.9 cm³/mol. The van der Waals surface area contributed by atoms with Gasteiger partial charge in [-0.1, -0.05) is 19.9 Å². The van der Waals surface area contributed by atoms with Gasteiger partial charge in [0.25, 0.3) is 0 Å². The molecular formula is C15H18N2S. The highest BCUT2D eigenvalue weighted by Gasteiger charge is 2.28. The Hall–Kier alpha value is -1.35. The molecule has 0 saturated heterocycles. The molecule has 3 heteroatoms. The number of hydrogen-bond donors (Lipinski definition) is 1. The van der Waals surface area contributed by atoms with Gasteiger partial charge in [-0.15, -0.1) is 11.3 Å². The van der Waals surface area contributed by atoms with Crippen LogP contribution in [0.5, 0.6) is 0 Å². The maximum absolute atomic E-state index is 6.24. The van der Waals surface area contributed by atoms with Crippen molar-refractivity contribution in [3.63, 3.8) is 0 Å². The molecule has 1 aliphatic carbocycles. The number of fused-ring (bicyclic) bond motifs is 1. The number of thiophene rings is 1. The van der Waals surface area contributed by atoms with E-state index in [1.807, 2.05) is 18.3 Å². The van der Waals surface area contributed by atoms with E-state index >= 15 is 0 Å². The van der Waals surface area contributed by atoms with E-state index in [1.165, 1.54) is 22.4 Å². The second-order valence-corrected chi connectivity index (χ2v) is 6.43. The molecule has 18 heavy (non-hydrogen) atoms. The quantitative estimate of drug-likeness (QED) is 0.837. The lowest BCUT2D eigenvalue weighted by molar-refractivity contribution is 0.457. The molecular weight excluding hydrogens is 240 g/mol. The highest BCUT2D eigenvalue weighted by molar-refractivity contribution is 7.16. The van der Waals surface area contributed by atoms with E-state index in [9.17, 15) is 0 Å². The smallest absolute Gasteiger partial charge is 0.0957 e. The number of nitrogens with two attached hydrogens (primary N) is 1. The van der Waals surface area contributed by atoms with Crippen molar-refractivity contribution in [1.82, 2.24) is 4.98 Å². The summed E-state index contributed by atoms with van der Waals surface area (Å²) >= 11 is 1.76. The zero-order chi connectivity index (χ0) is 12.7. The Morgan fingerprint density at radius 1 is 1.33 bits per heavy atom. The van der Waals surface area contributed by atoms with Crippen molar-refractivity contribution in [1.29, 1.82) is 0 Å². The average molecular weight is 258 g/mol. The van der Waals surface area contributed by atoms with Crippen LogP contribution in [0.4, 0.5) is 5.00 Å². The fourth-order valence-electron chi connectivity index (χ4n) is 3.04. The van der Waals surface area contributed by atoms with E-state index in [4.69, 9.17) is 5.73 Å². The molecule has 2 unspecified atom stereocenters. The first-order valence-electron chi connectivity index (χ1n) is 6.49. The summed E-state index contributed by atoms with van der Waals surface area (Å²) in [5, 5.41) is 0.930. The number of nitrogen functional groups attached to an aromatic ring is 1. The predicted octanol–water partition coefficient (Wildman–Crippen LogP) is 4.08. The Bertz CT molecular complexity index is 559. The van der Waals surface area contributed by atoms with Gasteiger partial charge in [-0.2, -0.15) is 0 Å². The van der Waals surface area contributed by atoms with Gasteiger partial charge in [-0.3, -0.25) is 4.98 Å². The van der Waals surface area contributed by atoms with Gasteiger partial charge in [0, 0.05) is 16.6 Å². The van der Waals surface area contributed by atoms with Crippen molar-refractivity contribution in [2.24, 2.45) is 5.92 Å². The first kappa shape index (κ1) is 11.7. The van der Waals surface area contributed by atoms with Crippen molar-refractivity contribution < 1.29 is 0 Å². The fraction of sp³-hybridized carbons (Fsp3) is 0.400. The molecule has 2 atom stereocenters. The number of pyridine rings is 1. The van der Waals surface area contributed by atoms with Gasteiger partial charge in [0.1, 0.15) is 0 Å². The molecule has 3 rings (SSSR count). The molecule has 1 aliphatic rings. The molecule has 2 N–H and O–H groups in total. The highest BCUT2D eigenvalue weighted by Crippen LogP contribution is 2.47. The molecule has 0 aliphatic heterocycles. The Morgan fingerprint density at radius 2 is 2.17 bits per heavy atom. The Balaban J connectivity index is 2.17. The lowest BCUT2D eigenvalue weighted by atomic mass is 9.81. The molecule has 0 fully saturated rings. The van der Waals surface area contributed by atoms with Crippen LogP contribution in [-0.2, 0) is 6.42 Å². The van der Waals surface area contributed by atoms with E-state index in [0.717, 1.165) is 23.0 Å². The summed E-state index contributed by atoms with van der Waals surface area (Å²) in [4.78, 5) is 5.94. The maximum Gasteiger partial charge on any atom is 0.0957 e. The second kappa shape index (κ2) is 4.39. The van der Waals surface area contributed by atoms with Crippen molar-refractivity contribution in [2.45, 2.75) is 32.6 Å². The van der Waals surface area contributed by atoms with Gasteiger partial charge in [-0.25, -0.2) is 0 Å². The van der Waals surface area contributed by atoms with Crippen molar-refractivity contribution in [3.8, 4) is 11.3 Å². The molecule has 0 amide bonds. The largest absolute Gasteiger partial charge is 0.390 e. The summed E-state index contributed by atoms with van der Waals surface area (Å²) in [5.74, 6) is 1.37. The zero-order valence-corrected chi connectivity index (χ0v) is 11.6. The minimum atomic E-state index is 0.633. The van der Waals surface area contributed by atoms with Crippen LogP contribution in [0.15, 0.2) is 24.4 Å². The summed E-state index contributed by atoms with van der Waals surface area (Å²) < 4.78 is 0. The average Bonchev–Trinajstić information content (AvgIpc) is 2.67.